The van der Waals surface area contributed by atoms with Gasteiger partial charge in [0.25, 0.3) is 5.91 Å². The Hall–Kier alpha value is -1.29. The van der Waals surface area contributed by atoms with Crippen LogP contribution in [0.15, 0.2) is 6.07 Å². The van der Waals surface area contributed by atoms with Gasteiger partial charge in [0.2, 0.25) is 0 Å². The fraction of sp³-hybridized carbons (Fsp3) is 0.643. The number of amides is 1. The van der Waals surface area contributed by atoms with E-state index in [2.05, 4.69) is 16.8 Å². The number of methoxy groups -OCH3 is 1. The first-order valence-corrected chi connectivity index (χ1v) is 6.60. The van der Waals surface area contributed by atoms with Crippen LogP contribution in [-0.4, -0.2) is 30.7 Å². The van der Waals surface area contributed by atoms with Crippen molar-refractivity contribution in [2.24, 2.45) is 0 Å². The van der Waals surface area contributed by atoms with Gasteiger partial charge in [-0.05, 0) is 39.2 Å². The molecule has 0 atom stereocenters. The summed E-state index contributed by atoms with van der Waals surface area (Å²) in [6.07, 6.45) is 3.33. The number of aromatic nitrogens is 1. The van der Waals surface area contributed by atoms with Crippen molar-refractivity contribution in [2.45, 2.75) is 39.2 Å². The SMILES string of the molecule is COCCCNC(=O)c1cc(C)n(C2CC2)c1C. The van der Waals surface area contributed by atoms with Crippen molar-refractivity contribution in [3.8, 4) is 0 Å². The maximum atomic E-state index is 12.1. The lowest BCUT2D eigenvalue weighted by Crippen LogP contribution is -2.25. The Morgan fingerprint density at radius 2 is 2.22 bits per heavy atom. The molecule has 100 valence electrons. The van der Waals surface area contributed by atoms with Crippen molar-refractivity contribution < 1.29 is 9.53 Å². The van der Waals surface area contributed by atoms with Crippen molar-refractivity contribution in [1.29, 1.82) is 0 Å². The summed E-state index contributed by atoms with van der Waals surface area (Å²) in [7, 11) is 1.67. The molecule has 0 spiro atoms. The van der Waals surface area contributed by atoms with Crippen LogP contribution < -0.4 is 5.32 Å². The van der Waals surface area contributed by atoms with E-state index < -0.39 is 0 Å². The highest BCUT2D eigenvalue weighted by atomic mass is 16.5. The first-order valence-electron chi connectivity index (χ1n) is 6.60. The number of hydrogen-bond acceptors (Lipinski definition) is 2. The third kappa shape index (κ3) is 2.75. The number of rotatable bonds is 6. The van der Waals surface area contributed by atoms with E-state index in [9.17, 15) is 4.79 Å². The van der Waals surface area contributed by atoms with Gasteiger partial charge in [-0.25, -0.2) is 0 Å². The van der Waals surface area contributed by atoms with Crippen LogP contribution >= 0.6 is 0 Å². The Morgan fingerprint density at radius 1 is 1.50 bits per heavy atom. The summed E-state index contributed by atoms with van der Waals surface area (Å²) in [5.74, 6) is 0.0334. The summed E-state index contributed by atoms with van der Waals surface area (Å²) in [6, 6.07) is 2.62. The second-order valence-electron chi connectivity index (χ2n) is 4.99. The summed E-state index contributed by atoms with van der Waals surface area (Å²) >= 11 is 0. The van der Waals surface area contributed by atoms with Crippen molar-refractivity contribution in [3.63, 3.8) is 0 Å². The maximum Gasteiger partial charge on any atom is 0.253 e. The average Bonchev–Trinajstić information content (AvgIpc) is 3.11. The van der Waals surface area contributed by atoms with Gasteiger partial charge in [-0.3, -0.25) is 4.79 Å². The minimum atomic E-state index is 0.0334. The van der Waals surface area contributed by atoms with Crippen LogP contribution in [-0.2, 0) is 4.74 Å². The first-order chi connectivity index (χ1) is 8.65. The molecule has 1 saturated carbocycles. The number of ether oxygens (including phenoxy) is 1. The van der Waals surface area contributed by atoms with E-state index in [0.717, 1.165) is 17.7 Å². The molecule has 1 amide bonds. The predicted octanol–water partition coefficient (Wildman–Crippen LogP) is 2.21. The number of hydrogen-bond donors (Lipinski definition) is 1. The van der Waals surface area contributed by atoms with Crippen LogP contribution in [0.3, 0.4) is 0 Å². The van der Waals surface area contributed by atoms with Gasteiger partial charge in [0.1, 0.15) is 0 Å². The normalized spacial score (nSPS) is 14.8. The molecule has 1 fully saturated rings. The first kappa shape index (κ1) is 13.1. The van der Waals surface area contributed by atoms with Gasteiger partial charge in [0.05, 0.1) is 5.56 Å². The third-order valence-corrected chi connectivity index (χ3v) is 3.45. The average molecular weight is 250 g/mol. The summed E-state index contributed by atoms with van der Waals surface area (Å²) in [4.78, 5) is 12.1. The standard InChI is InChI=1S/C14H22N2O2/c1-10-9-13(11(2)16(10)12-5-6-12)14(17)15-7-4-8-18-3/h9,12H,4-8H2,1-3H3,(H,15,17). The van der Waals surface area contributed by atoms with Crippen LogP contribution in [0.5, 0.6) is 0 Å². The van der Waals surface area contributed by atoms with Gasteiger partial charge in [0.15, 0.2) is 0 Å². The molecule has 0 unspecified atom stereocenters. The smallest absolute Gasteiger partial charge is 0.253 e. The van der Waals surface area contributed by atoms with Crippen LogP contribution in [0.4, 0.5) is 0 Å². The fourth-order valence-electron chi connectivity index (χ4n) is 2.42. The minimum absolute atomic E-state index is 0.0334. The molecule has 0 aromatic carbocycles. The lowest BCUT2D eigenvalue weighted by molar-refractivity contribution is 0.0948. The van der Waals surface area contributed by atoms with Crippen LogP contribution in [0.2, 0.25) is 0 Å². The fourth-order valence-corrected chi connectivity index (χ4v) is 2.42. The summed E-state index contributed by atoms with van der Waals surface area (Å²) in [6.45, 7) is 5.46. The van der Waals surface area contributed by atoms with E-state index in [4.69, 9.17) is 4.74 Å². The van der Waals surface area contributed by atoms with Gasteiger partial charge in [-0.2, -0.15) is 0 Å². The molecule has 1 heterocycles. The molecule has 0 aliphatic heterocycles. The molecular formula is C14H22N2O2. The molecule has 1 aliphatic carbocycles. The largest absolute Gasteiger partial charge is 0.385 e. The molecular weight excluding hydrogens is 228 g/mol. The molecule has 4 heteroatoms. The van der Waals surface area contributed by atoms with Crippen LogP contribution in [0.1, 0.15) is 47.1 Å². The number of carbonyl (C=O) groups is 1. The minimum Gasteiger partial charge on any atom is -0.385 e. The predicted molar refractivity (Wildman–Crippen MR) is 71.0 cm³/mol. The highest BCUT2D eigenvalue weighted by Gasteiger charge is 2.28. The molecule has 2 rings (SSSR count). The Kier molecular flexibility index (Phi) is 4.07. The molecule has 18 heavy (non-hydrogen) atoms. The maximum absolute atomic E-state index is 12.1. The molecule has 1 aromatic heterocycles. The molecule has 0 saturated heterocycles. The van der Waals surface area contributed by atoms with Crippen molar-refractivity contribution in [1.82, 2.24) is 9.88 Å². The van der Waals surface area contributed by atoms with Crippen molar-refractivity contribution in [3.05, 3.63) is 23.0 Å². The van der Waals surface area contributed by atoms with Crippen molar-refractivity contribution >= 4 is 5.91 Å². The number of nitrogens with one attached hydrogen (secondary N) is 1. The van der Waals surface area contributed by atoms with E-state index in [-0.39, 0.29) is 5.91 Å². The summed E-state index contributed by atoms with van der Waals surface area (Å²) in [5, 5.41) is 2.94. The highest BCUT2D eigenvalue weighted by molar-refractivity contribution is 5.95. The topological polar surface area (TPSA) is 43.3 Å². The molecule has 0 bridgehead atoms. The van der Waals surface area contributed by atoms with E-state index in [1.54, 1.807) is 7.11 Å². The summed E-state index contributed by atoms with van der Waals surface area (Å²) in [5.41, 5.74) is 3.10. The van der Waals surface area contributed by atoms with Gasteiger partial charge >= 0.3 is 0 Å². The van der Waals surface area contributed by atoms with Crippen molar-refractivity contribution in [2.75, 3.05) is 20.3 Å². The Balaban J connectivity index is 1.99. The number of nitrogens with zero attached hydrogens (tertiary/aromatic N) is 1. The highest BCUT2D eigenvalue weighted by Crippen LogP contribution is 2.38. The number of aryl methyl sites for hydroxylation is 1. The van der Waals surface area contributed by atoms with Gasteiger partial charge in [0, 0.05) is 37.7 Å². The van der Waals surface area contributed by atoms with E-state index in [1.165, 1.54) is 18.5 Å². The zero-order valence-electron chi connectivity index (χ0n) is 11.5. The Morgan fingerprint density at radius 3 is 2.83 bits per heavy atom. The second kappa shape index (κ2) is 5.57. The monoisotopic (exact) mass is 250 g/mol. The van der Waals surface area contributed by atoms with E-state index in [1.807, 2.05) is 13.0 Å². The number of carbonyl (C=O) groups excluding carboxylic acids is 1. The van der Waals surface area contributed by atoms with E-state index >= 15 is 0 Å². The third-order valence-electron chi connectivity index (χ3n) is 3.45. The molecule has 4 nitrogen and oxygen atoms in total. The summed E-state index contributed by atoms with van der Waals surface area (Å²) < 4.78 is 7.26. The second-order valence-corrected chi connectivity index (χ2v) is 4.99. The Bertz CT molecular complexity index is 433. The zero-order chi connectivity index (χ0) is 13.1. The molecule has 1 aromatic rings. The van der Waals surface area contributed by atoms with Gasteiger partial charge in [-0.1, -0.05) is 0 Å². The quantitative estimate of drug-likeness (QED) is 0.787. The lowest BCUT2D eigenvalue weighted by Gasteiger charge is -2.08. The molecule has 1 N–H and O–H groups in total. The molecule has 1 aliphatic rings. The molecule has 0 radical (unpaired) electrons. The Labute approximate surface area is 108 Å². The zero-order valence-corrected chi connectivity index (χ0v) is 11.5. The van der Waals surface area contributed by atoms with E-state index in [0.29, 0.717) is 19.2 Å². The van der Waals surface area contributed by atoms with Gasteiger partial charge in [-0.15, -0.1) is 0 Å². The van der Waals surface area contributed by atoms with Crippen LogP contribution in [0.25, 0.3) is 0 Å². The lowest BCUT2D eigenvalue weighted by atomic mass is 10.2. The van der Waals surface area contributed by atoms with Crippen LogP contribution in [0, 0.1) is 13.8 Å². The van der Waals surface area contributed by atoms with Gasteiger partial charge < -0.3 is 14.6 Å².